The summed E-state index contributed by atoms with van der Waals surface area (Å²) < 4.78 is 2.33. The van der Waals surface area contributed by atoms with Crippen molar-refractivity contribution >= 4 is 11.4 Å². The van der Waals surface area contributed by atoms with E-state index in [0.29, 0.717) is 17.0 Å². The summed E-state index contributed by atoms with van der Waals surface area (Å²) in [6.45, 7) is 3.68. The average Bonchev–Trinajstić information content (AvgIpc) is 3.01. The first-order valence-electron chi connectivity index (χ1n) is 8.37. The summed E-state index contributed by atoms with van der Waals surface area (Å²) in [7, 11) is 1.52. The van der Waals surface area contributed by atoms with Gasteiger partial charge in [0.25, 0.3) is 5.69 Å². The van der Waals surface area contributed by atoms with Crippen molar-refractivity contribution in [2.24, 2.45) is 12.2 Å². The van der Waals surface area contributed by atoms with Crippen LogP contribution in [0.4, 0.5) is 5.69 Å². The number of rotatable bonds is 6. The van der Waals surface area contributed by atoms with Crippen LogP contribution in [0.3, 0.4) is 0 Å². The van der Waals surface area contributed by atoms with Crippen LogP contribution < -0.4 is 5.69 Å². The van der Waals surface area contributed by atoms with Crippen molar-refractivity contribution in [2.45, 2.75) is 20.5 Å². The van der Waals surface area contributed by atoms with Crippen molar-refractivity contribution in [1.82, 2.24) is 19.8 Å². The summed E-state index contributed by atoms with van der Waals surface area (Å²) in [5, 5.41) is 22.6. The van der Waals surface area contributed by atoms with Gasteiger partial charge in [0.2, 0.25) is 0 Å². The first-order valence-corrected chi connectivity index (χ1v) is 8.37. The number of non-ortho nitro benzene ring substituents is 1. The molecule has 0 saturated heterocycles. The third-order valence-corrected chi connectivity index (χ3v) is 4.22. The van der Waals surface area contributed by atoms with Gasteiger partial charge in [0.05, 0.1) is 16.3 Å². The van der Waals surface area contributed by atoms with E-state index >= 15 is 0 Å². The Labute approximate surface area is 159 Å². The topological polar surface area (TPSA) is 117 Å². The molecule has 1 heterocycles. The number of aromatic nitrogens is 4. The van der Waals surface area contributed by atoms with Crippen molar-refractivity contribution in [2.75, 3.05) is 0 Å². The molecule has 0 amide bonds. The highest BCUT2D eigenvalue weighted by molar-refractivity contribution is 5.98. The Hall–Kier alpha value is -3.82. The molecule has 0 aliphatic heterocycles. The Balaban J connectivity index is 1.84. The second-order valence-corrected chi connectivity index (χ2v) is 6.13. The predicted octanol–water partition coefficient (Wildman–Crippen LogP) is 2.12. The van der Waals surface area contributed by atoms with Crippen molar-refractivity contribution in [3.05, 3.63) is 79.8 Å². The number of tetrazole rings is 1. The fraction of sp³-hybridized carbons (Fsp3) is 0.222. The lowest BCUT2D eigenvalue weighted by Gasteiger charge is -2.10. The van der Waals surface area contributed by atoms with Crippen molar-refractivity contribution < 1.29 is 9.76 Å². The predicted molar refractivity (Wildman–Crippen MR) is 101 cm³/mol. The molecule has 144 valence electrons. The monoisotopic (exact) mass is 382 g/mol. The van der Waals surface area contributed by atoms with Crippen LogP contribution in [0.5, 0.6) is 0 Å². The molecule has 0 bridgehead atoms. The molecule has 10 heteroatoms. The zero-order valence-corrected chi connectivity index (χ0v) is 15.6. The van der Waals surface area contributed by atoms with Gasteiger partial charge in [0.1, 0.15) is 6.61 Å². The highest BCUT2D eigenvalue weighted by Crippen LogP contribution is 2.19. The lowest BCUT2D eigenvalue weighted by molar-refractivity contribution is -0.384. The first kappa shape index (κ1) is 19.0. The van der Waals surface area contributed by atoms with Gasteiger partial charge in [-0.25, -0.2) is 4.79 Å². The van der Waals surface area contributed by atoms with Crippen LogP contribution >= 0.6 is 0 Å². The van der Waals surface area contributed by atoms with E-state index < -0.39 is 4.92 Å². The highest BCUT2D eigenvalue weighted by Gasteiger charge is 2.13. The first-order chi connectivity index (χ1) is 13.4. The number of nitro groups is 1. The zero-order valence-electron chi connectivity index (χ0n) is 15.6. The van der Waals surface area contributed by atoms with E-state index in [4.69, 9.17) is 4.84 Å². The maximum absolute atomic E-state index is 12.2. The molecule has 0 atom stereocenters. The molecular formula is C18H18N6O4. The quantitative estimate of drug-likeness (QED) is 0.366. The van der Waals surface area contributed by atoms with E-state index in [-0.39, 0.29) is 18.0 Å². The van der Waals surface area contributed by atoms with Gasteiger partial charge in [-0.05, 0) is 35.9 Å². The molecule has 0 aliphatic rings. The summed E-state index contributed by atoms with van der Waals surface area (Å²) >= 11 is 0. The number of nitro benzene ring substituents is 1. The van der Waals surface area contributed by atoms with Crippen molar-refractivity contribution in [1.29, 1.82) is 0 Å². The molecule has 28 heavy (non-hydrogen) atoms. The van der Waals surface area contributed by atoms with Gasteiger partial charge in [-0.3, -0.25) is 10.1 Å². The Morgan fingerprint density at radius 3 is 2.68 bits per heavy atom. The van der Waals surface area contributed by atoms with Crippen LogP contribution in [-0.4, -0.2) is 30.4 Å². The largest absolute Gasteiger partial charge is 0.391 e. The minimum absolute atomic E-state index is 0.0183. The summed E-state index contributed by atoms with van der Waals surface area (Å²) in [5.41, 5.74) is 2.89. The van der Waals surface area contributed by atoms with E-state index in [1.165, 1.54) is 23.9 Å². The Bertz CT molecular complexity index is 1120. The third kappa shape index (κ3) is 3.80. The summed E-state index contributed by atoms with van der Waals surface area (Å²) in [6, 6.07) is 11.6. The Kier molecular flexibility index (Phi) is 5.30. The lowest BCUT2D eigenvalue weighted by atomic mass is 10.1. The Morgan fingerprint density at radius 1 is 1.25 bits per heavy atom. The van der Waals surface area contributed by atoms with Crippen molar-refractivity contribution in [3.63, 3.8) is 0 Å². The minimum atomic E-state index is -0.462. The molecule has 2 aromatic carbocycles. The third-order valence-electron chi connectivity index (χ3n) is 4.22. The van der Waals surface area contributed by atoms with Crippen molar-refractivity contribution in [3.8, 4) is 5.69 Å². The summed E-state index contributed by atoms with van der Waals surface area (Å²) in [4.78, 5) is 28.1. The van der Waals surface area contributed by atoms with E-state index in [1.54, 1.807) is 25.1 Å². The lowest BCUT2D eigenvalue weighted by Crippen LogP contribution is -2.23. The van der Waals surface area contributed by atoms with Crippen LogP contribution in [0.2, 0.25) is 0 Å². The van der Waals surface area contributed by atoms with E-state index in [2.05, 4.69) is 15.6 Å². The Morgan fingerprint density at radius 2 is 2.00 bits per heavy atom. The fourth-order valence-electron chi connectivity index (χ4n) is 2.63. The van der Waals surface area contributed by atoms with Crippen LogP contribution in [0.1, 0.15) is 23.6 Å². The molecule has 3 rings (SSSR count). The maximum Gasteiger partial charge on any atom is 0.368 e. The van der Waals surface area contributed by atoms with E-state index in [0.717, 1.165) is 15.8 Å². The number of hydrogen-bond donors (Lipinski definition) is 0. The minimum Gasteiger partial charge on any atom is -0.391 e. The molecule has 3 aromatic rings. The fourth-order valence-corrected chi connectivity index (χ4v) is 2.63. The second-order valence-electron chi connectivity index (χ2n) is 6.13. The van der Waals surface area contributed by atoms with Gasteiger partial charge in [0.15, 0.2) is 0 Å². The second kappa shape index (κ2) is 7.82. The van der Waals surface area contributed by atoms with Crippen LogP contribution in [0, 0.1) is 17.0 Å². The van der Waals surface area contributed by atoms with E-state index in [9.17, 15) is 14.9 Å². The van der Waals surface area contributed by atoms with Gasteiger partial charge in [-0.1, -0.05) is 29.4 Å². The number of aryl methyl sites for hydroxylation is 2. The van der Waals surface area contributed by atoms with Gasteiger partial charge in [-0.15, -0.1) is 0 Å². The highest BCUT2D eigenvalue weighted by atomic mass is 16.6. The standard InChI is InChI=1S/C18H18N6O4/c1-12-6-4-9-17(23-18(25)22(3)20-21-23)16(12)11-28-19-13(2)14-7-5-8-15(10-14)24(26)27/h4-10H,11H2,1-3H3. The molecule has 0 spiro atoms. The summed E-state index contributed by atoms with van der Waals surface area (Å²) in [5.74, 6) is 0. The molecule has 0 unspecified atom stereocenters. The number of benzene rings is 2. The van der Waals surface area contributed by atoms with Gasteiger partial charge >= 0.3 is 5.69 Å². The number of hydrogen-bond acceptors (Lipinski definition) is 7. The van der Waals surface area contributed by atoms with E-state index in [1.807, 2.05) is 19.1 Å². The summed E-state index contributed by atoms with van der Waals surface area (Å²) in [6.07, 6.45) is 0. The maximum atomic E-state index is 12.2. The molecule has 1 aromatic heterocycles. The number of oxime groups is 1. The molecule has 0 fully saturated rings. The van der Waals surface area contributed by atoms with Gasteiger partial charge in [0, 0.05) is 30.3 Å². The average molecular weight is 382 g/mol. The zero-order chi connectivity index (χ0) is 20.3. The molecule has 0 N–H and O–H groups in total. The smallest absolute Gasteiger partial charge is 0.368 e. The van der Waals surface area contributed by atoms with Gasteiger partial charge in [-0.2, -0.15) is 9.36 Å². The number of nitrogens with zero attached hydrogens (tertiary/aromatic N) is 6. The molecule has 0 saturated carbocycles. The molecule has 10 nitrogen and oxygen atoms in total. The molecule has 0 radical (unpaired) electrons. The van der Waals surface area contributed by atoms with Gasteiger partial charge < -0.3 is 4.84 Å². The van der Waals surface area contributed by atoms with Crippen LogP contribution in [0.25, 0.3) is 5.69 Å². The van der Waals surface area contributed by atoms with Crippen LogP contribution in [-0.2, 0) is 18.5 Å². The molecular weight excluding hydrogens is 364 g/mol. The SMILES string of the molecule is CC(=NOCc1c(C)cccc1-n1nnn(C)c1=O)c1cccc([N+](=O)[O-])c1. The van der Waals surface area contributed by atoms with Crippen LogP contribution in [0.15, 0.2) is 52.4 Å². The normalized spacial score (nSPS) is 11.5. The molecule has 0 aliphatic carbocycles.